The standard InChI is InChI=1S/C16H42O12Si4/c1-17-29(18-2,19-3)13-15(31(23-7,24-8)25-9)16(32(26-10,27-11)28-12)14-30(20-4,21-5)22-6/h15-16H,13-14H2,1-12H3. The zero-order valence-electron chi connectivity index (χ0n) is 21.5. The van der Waals surface area contributed by atoms with E-state index >= 15 is 0 Å². The molecular formula is C16H42O12Si4. The van der Waals surface area contributed by atoms with Crippen molar-refractivity contribution in [1.82, 2.24) is 0 Å². The average Bonchev–Trinajstić information content (AvgIpc) is 2.86. The zero-order valence-corrected chi connectivity index (χ0v) is 25.5. The van der Waals surface area contributed by atoms with Gasteiger partial charge >= 0.3 is 35.2 Å². The van der Waals surface area contributed by atoms with Crippen LogP contribution in [0.4, 0.5) is 0 Å². The molecule has 0 saturated carbocycles. The summed E-state index contributed by atoms with van der Waals surface area (Å²) in [6, 6.07) is 0.519. The van der Waals surface area contributed by atoms with Crippen molar-refractivity contribution in [1.29, 1.82) is 0 Å². The number of rotatable bonds is 19. The number of hydrogen-bond acceptors (Lipinski definition) is 12. The summed E-state index contributed by atoms with van der Waals surface area (Å²) in [5, 5.41) is 0. The Morgan fingerprint density at radius 2 is 0.531 bits per heavy atom. The van der Waals surface area contributed by atoms with Crippen LogP contribution in [-0.2, 0) is 53.1 Å². The Bertz CT molecular complexity index is 424. The fraction of sp³-hybridized carbons (Fsp3) is 1.00. The van der Waals surface area contributed by atoms with Crippen molar-refractivity contribution in [3.05, 3.63) is 0 Å². The summed E-state index contributed by atoms with van der Waals surface area (Å²) in [5.41, 5.74) is -1.04. The lowest BCUT2D eigenvalue weighted by Crippen LogP contribution is -2.61. The first-order valence-electron chi connectivity index (χ1n) is 9.78. The van der Waals surface area contributed by atoms with E-state index in [1.54, 1.807) is 0 Å². The Morgan fingerprint density at radius 3 is 0.656 bits per heavy atom. The van der Waals surface area contributed by atoms with Crippen molar-refractivity contribution in [3.8, 4) is 0 Å². The molecule has 0 aliphatic rings. The lowest BCUT2D eigenvalue weighted by molar-refractivity contribution is 0.0725. The van der Waals surface area contributed by atoms with Gasteiger partial charge in [0.05, 0.1) is 0 Å². The van der Waals surface area contributed by atoms with Gasteiger partial charge < -0.3 is 53.1 Å². The van der Waals surface area contributed by atoms with Crippen LogP contribution in [0.15, 0.2) is 0 Å². The highest BCUT2D eigenvalue weighted by Crippen LogP contribution is 2.51. The van der Waals surface area contributed by atoms with Crippen LogP contribution in [0.25, 0.3) is 0 Å². The first kappa shape index (κ1) is 32.4. The molecule has 0 spiro atoms. The summed E-state index contributed by atoms with van der Waals surface area (Å²) in [6.45, 7) is 0. The van der Waals surface area contributed by atoms with E-state index < -0.39 is 46.3 Å². The minimum absolute atomic E-state index is 0.259. The van der Waals surface area contributed by atoms with Crippen molar-refractivity contribution >= 4 is 35.2 Å². The maximum absolute atomic E-state index is 5.90. The van der Waals surface area contributed by atoms with Crippen molar-refractivity contribution in [2.75, 3.05) is 85.3 Å². The second kappa shape index (κ2) is 14.7. The molecule has 0 N–H and O–H groups in total. The van der Waals surface area contributed by atoms with Gasteiger partial charge in [-0.25, -0.2) is 0 Å². The van der Waals surface area contributed by atoms with E-state index in [4.69, 9.17) is 53.1 Å². The maximum atomic E-state index is 5.90. The molecule has 2 atom stereocenters. The van der Waals surface area contributed by atoms with Crippen LogP contribution in [0, 0.1) is 0 Å². The molecule has 0 bridgehead atoms. The lowest BCUT2D eigenvalue weighted by atomic mass is 10.3. The van der Waals surface area contributed by atoms with Crippen LogP contribution < -0.4 is 0 Å². The van der Waals surface area contributed by atoms with Crippen LogP contribution in [-0.4, -0.2) is 121 Å². The van der Waals surface area contributed by atoms with Crippen molar-refractivity contribution in [3.63, 3.8) is 0 Å². The third-order valence-corrected chi connectivity index (χ3v) is 19.1. The molecular weight excluding hydrogens is 497 g/mol. The molecule has 0 radical (unpaired) electrons. The summed E-state index contributed by atoms with van der Waals surface area (Å²) in [6.07, 6.45) is 0. The minimum Gasteiger partial charge on any atom is -0.377 e. The van der Waals surface area contributed by atoms with Gasteiger partial charge in [-0.15, -0.1) is 0 Å². The Hall–Kier alpha value is 0.388. The molecule has 0 heterocycles. The van der Waals surface area contributed by atoms with E-state index in [2.05, 4.69) is 0 Å². The van der Waals surface area contributed by atoms with Gasteiger partial charge in [0.1, 0.15) is 0 Å². The molecule has 32 heavy (non-hydrogen) atoms. The summed E-state index contributed by atoms with van der Waals surface area (Å²) in [7, 11) is 5.19. The third kappa shape index (κ3) is 6.74. The molecule has 0 aliphatic heterocycles. The van der Waals surface area contributed by atoms with Gasteiger partial charge in [-0.2, -0.15) is 0 Å². The Morgan fingerprint density at radius 1 is 0.344 bits per heavy atom. The summed E-state index contributed by atoms with van der Waals surface area (Å²) < 4.78 is 69.8. The second-order valence-corrected chi connectivity index (χ2v) is 19.0. The van der Waals surface area contributed by atoms with E-state index in [1.165, 1.54) is 85.3 Å². The molecule has 0 aromatic rings. The summed E-state index contributed by atoms with van der Waals surface area (Å²) in [4.78, 5) is 0. The monoisotopic (exact) mass is 538 g/mol. The molecule has 12 nitrogen and oxygen atoms in total. The highest BCUT2D eigenvalue weighted by atomic mass is 28.4. The van der Waals surface area contributed by atoms with Crippen LogP contribution in [0.1, 0.15) is 0 Å². The van der Waals surface area contributed by atoms with Gasteiger partial charge in [-0.3, -0.25) is 0 Å². The van der Waals surface area contributed by atoms with E-state index in [0.29, 0.717) is 0 Å². The quantitative estimate of drug-likeness (QED) is 0.221. The summed E-state index contributed by atoms with van der Waals surface area (Å²) in [5.74, 6) is 0. The number of hydrogen-bond donors (Lipinski definition) is 0. The third-order valence-electron chi connectivity index (χ3n) is 5.91. The van der Waals surface area contributed by atoms with Gasteiger partial charge in [0, 0.05) is 108 Å². The highest BCUT2D eigenvalue weighted by molar-refractivity contribution is 6.74. The topological polar surface area (TPSA) is 111 Å². The van der Waals surface area contributed by atoms with Gasteiger partial charge in [-0.05, 0) is 0 Å². The Balaban J connectivity index is 7.06. The van der Waals surface area contributed by atoms with Gasteiger partial charge in [-0.1, -0.05) is 0 Å². The minimum atomic E-state index is -3.42. The first-order chi connectivity index (χ1) is 15.2. The van der Waals surface area contributed by atoms with Gasteiger partial charge in [0.25, 0.3) is 0 Å². The van der Waals surface area contributed by atoms with E-state index in [1.807, 2.05) is 0 Å². The van der Waals surface area contributed by atoms with E-state index in [9.17, 15) is 0 Å². The fourth-order valence-corrected chi connectivity index (χ4v) is 16.9. The highest BCUT2D eigenvalue weighted by Gasteiger charge is 2.66. The molecule has 16 heteroatoms. The van der Waals surface area contributed by atoms with E-state index in [-0.39, 0.29) is 12.1 Å². The molecule has 0 aromatic carbocycles. The molecule has 0 saturated heterocycles. The molecule has 0 amide bonds. The van der Waals surface area contributed by atoms with Crippen LogP contribution in [0.3, 0.4) is 0 Å². The van der Waals surface area contributed by atoms with Crippen molar-refractivity contribution in [2.24, 2.45) is 0 Å². The SMILES string of the molecule is CO[Si](CC(C(C[Si](OC)(OC)OC)[Si](OC)(OC)OC)[Si](OC)(OC)OC)(OC)OC. The molecule has 0 rings (SSSR count). The Kier molecular flexibility index (Phi) is 14.9. The van der Waals surface area contributed by atoms with Crippen LogP contribution in [0.2, 0.25) is 23.2 Å². The van der Waals surface area contributed by atoms with Gasteiger partial charge in [0.15, 0.2) is 0 Å². The maximum Gasteiger partial charge on any atom is 0.503 e. The largest absolute Gasteiger partial charge is 0.503 e. The van der Waals surface area contributed by atoms with Crippen LogP contribution >= 0.6 is 0 Å². The zero-order chi connectivity index (χ0) is 25.1. The predicted molar refractivity (Wildman–Crippen MR) is 124 cm³/mol. The normalized spacial score (nSPS) is 15.8. The molecule has 0 fully saturated rings. The molecule has 2 unspecified atom stereocenters. The smallest absolute Gasteiger partial charge is 0.377 e. The first-order valence-corrected chi connectivity index (χ1v) is 17.3. The fourth-order valence-electron chi connectivity index (χ4n) is 3.97. The molecule has 0 aromatic heterocycles. The second-order valence-electron chi connectivity index (χ2n) is 6.64. The lowest BCUT2D eigenvalue weighted by Gasteiger charge is -2.45. The van der Waals surface area contributed by atoms with Crippen molar-refractivity contribution in [2.45, 2.75) is 23.2 Å². The average molecular weight is 539 g/mol. The van der Waals surface area contributed by atoms with E-state index in [0.717, 1.165) is 0 Å². The summed E-state index contributed by atoms with van der Waals surface area (Å²) >= 11 is 0. The Labute approximate surface area is 197 Å². The van der Waals surface area contributed by atoms with Crippen LogP contribution in [0.5, 0.6) is 0 Å². The predicted octanol–water partition coefficient (Wildman–Crippen LogP) is 1.24. The van der Waals surface area contributed by atoms with Crippen molar-refractivity contribution < 1.29 is 53.1 Å². The van der Waals surface area contributed by atoms with Gasteiger partial charge in [0.2, 0.25) is 0 Å². The molecule has 0 aliphatic carbocycles. The molecule has 194 valence electrons.